The zero-order chi connectivity index (χ0) is 59.9. The smallest absolute Gasteiger partial charge is 0.334 e. The molecular formula is C59H96O21. The van der Waals surface area contributed by atoms with Crippen LogP contribution in [0.2, 0.25) is 0 Å². The fourth-order valence-electron chi connectivity index (χ4n) is 11.7. The molecule has 0 saturated carbocycles. The maximum absolute atomic E-state index is 14.4. The quantitative estimate of drug-likeness (QED) is 0.0882. The summed E-state index contributed by atoms with van der Waals surface area (Å²) >= 11 is 0. The minimum absolute atomic E-state index is 0.0177. The highest BCUT2D eigenvalue weighted by atomic mass is 16.7. The maximum atomic E-state index is 14.4. The summed E-state index contributed by atoms with van der Waals surface area (Å²) in [6.07, 6.45) is -9.67. The molecule has 0 spiro atoms. The first-order valence-corrected chi connectivity index (χ1v) is 28.1. The van der Waals surface area contributed by atoms with E-state index in [1.807, 2.05) is 52.8 Å². The SMILES string of the molecule is COCCCC1OC(O)(C(C)C2CC(C)C(O)/C=C(C)/C=C(C)/C=C(\C)C(OC3OC(C)C(O)C(O)C3O)C(C)/C=C(C)/C=C(OC)/C=C(\C)C(=O)O2)C(OC)C(O)C1(C)OC1CC(O)C(OC2CC(C)(O)C(O)C(C)O2)C(C)O1. The highest BCUT2D eigenvalue weighted by Gasteiger charge is 2.64. The summed E-state index contributed by atoms with van der Waals surface area (Å²) in [6.45, 7) is 22.5. The fraction of sp³-hybridized carbons (Fsp3) is 0.780. The van der Waals surface area contributed by atoms with Gasteiger partial charge in [-0.1, -0.05) is 61.8 Å². The van der Waals surface area contributed by atoms with E-state index in [4.69, 9.17) is 52.1 Å². The number of carbonyl (C=O) groups is 1. The summed E-state index contributed by atoms with van der Waals surface area (Å²) < 4.78 is 67.4. The molecule has 5 rings (SSSR count). The largest absolute Gasteiger partial charge is 0.497 e. The van der Waals surface area contributed by atoms with Crippen molar-refractivity contribution in [3.05, 3.63) is 70.1 Å². The highest BCUT2D eigenvalue weighted by Crippen LogP contribution is 2.47. The number of methoxy groups -OCH3 is 3. The Labute approximate surface area is 472 Å². The summed E-state index contributed by atoms with van der Waals surface area (Å²) in [5.41, 5.74) is -0.117. The molecule has 9 N–H and O–H groups in total. The van der Waals surface area contributed by atoms with Gasteiger partial charge in [0.2, 0.25) is 5.79 Å². The van der Waals surface area contributed by atoms with Gasteiger partial charge >= 0.3 is 5.97 Å². The molecular weight excluding hydrogens is 1040 g/mol. The highest BCUT2D eigenvalue weighted by molar-refractivity contribution is 5.88. The number of hydrogen-bond acceptors (Lipinski definition) is 21. The third kappa shape index (κ3) is 16.2. The lowest BCUT2D eigenvalue weighted by Crippen LogP contribution is -2.74. The van der Waals surface area contributed by atoms with Crippen LogP contribution in [0.1, 0.15) is 122 Å². The lowest BCUT2D eigenvalue weighted by molar-refractivity contribution is -0.416. The molecule has 24 atom stereocenters. The minimum Gasteiger partial charge on any atom is -0.497 e. The van der Waals surface area contributed by atoms with Crippen LogP contribution in [-0.4, -0.2) is 207 Å². The van der Waals surface area contributed by atoms with Crippen LogP contribution in [-0.2, 0) is 56.9 Å². The molecule has 0 aliphatic carbocycles. The monoisotopic (exact) mass is 1140 g/mol. The molecule has 0 aromatic rings. The van der Waals surface area contributed by atoms with Gasteiger partial charge in [0.15, 0.2) is 18.9 Å². The predicted molar refractivity (Wildman–Crippen MR) is 292 cm³/mol. The first-order valence-electron chi connectivity index (χ1n) is 28.1. The number of cyclic esters (lactones) is 1. The summed E-state index contributed by atoms with van der Waals surface area (Å²) in [7, 11) is 4.29. The number of esters is 1. The van der Waals surface area contributed by atoms with Gasteiger partial charge in [-0.05, 0) is 112 Å². The van der Waals surface area contributed by atoms with Gasteiger partial charge in [-0.15, -0.1) is 0 Å². The molecule has 24 unspecified atom stereocenters. The Balaban J connectivity index is 1.47. The molecule has 458 valence electrons. The second kappa shape index (κ2) is 28.7. The van der Waals surface area contributed by atoms with Gasteiger partial charge in [0, 0.05) is 51.1 Å². The third-order valence-electron chi connectivity index (χ3n) is 16.5. The van der Waals surface area contributed by atoms with Crippen molar-refractivity contribution in [2.45, 2.75) is 250 Å². The Morgan fingerprint density at radius 1 is 0.725 bits per heavy atom. The van der Waals surface area contributed by atoms with Gasteiger partial charge in [-0.2, -0.15) is 0 Å². The van der Waals surface area contributed by atoms with E-state index in [0.29, 0.717) is 17.6 Å². The van der Waals surface area contributed by atoms with Gasteiger partial charge in [0.1, 0.15) is 60.2 Å². The van der Waals surface area contributed by atoms with Gasteiger partial charge < -0.3 is 98.1 Å². The summed E-state index contributed by atoms with van der Waals surface area (Å²) in [5, 5.41) is 102. The zero-order valence-electron chi connectivity index (χ0n) is 49.8. The van der Waals surface area contributed by atoms with Crippen LogP contribution >= 0.6 is 0 Å². The summed E-state index contributed by atoms with van der Waals surface area (Å²) in [6, 6.07) is 0. The van der Waals surface area contributed by atoms with Crippen molar-refractivity contribution < 1.29 is 103 Å². The van der Waals surface area contributed by atoms with Gasteiger partial charge in [-0.3, -0.25) is 0 Å². The first kappa shape index (κ1) is 67.8. The summed E-state index contributed by atoms with van der Waals surface area (Å²) in [5.74, 6) is -5.03. The Kier molecular flexibility index (Phi) is 24.3. The lowest BCUT2D eigenvalue weighted by Gasteiger charge is -2.57. The molecule has 80 heavy (non-hydrogen) atoms. The Bertz CT molecular complexity index is 2210. The number of carbonyl (C=O) groups excluding carboxylic acids is 1. The summed E-state index contributed by atoms with van der Waals surface area (Å²) in [4.78, 5) is 14.4. The standard InChI is InChI=1S/C59H96O21/c1-29-20-30(2)24-41(60)32(4)26-43(76-55(67)35(7)25-40(71-15)23-31(3)22-34(6)50(33(5)21-29)78-56-49(64)48(63)47(62)37(9)75-56)36(8)59(69)54(72-16)53(66)58(13,44(79-59)18-17-19-70-14)80-45-27-42(61)51(38(10)73-45)77-46-28-57(12,68)52(65)39(11)74-46/h20-25,32,34,36-39,41-54,56,60-66,68-69H,17-19,26-28H2,1-16H3/b29-20+,30-24+,31-22+,33-21+,35-25+,40-23-. The maximum Gasteiger partial charge on any atom is 0.334 e. The van der Waals surface area contributed by atoms with E-state index in [1.54, 1.807) is 60.6 Å². The normalized spacial score (nSPS) is 47.7. The van der Waals surface area contributed by atoms with Crippen LogP contribution in [0.3, 0.4) is 0 Å². The first-order chi connectivity index (χ1) is 37.3. The number of rotatable bonds is 14. The molecule has 5 heterocycles. The number of hydrogen-bond donors (Lipinski definition) is 9. The Morgan fingerprint density at radius 3 is 1.99 bits per heavy atom. The Hall–Kier alpha value is -3.01. The molecule has 0 bridgehead atoms. The van der Waals surface area contributed by atoms with Crippen LogP contribution in [0.25, 0.3) is 0 Å². The molecule has 21 nitrogen and oxygen atoms in total. The number of aliphatic hydroxyl groups excluding tert-OH is 7. The average molecular weight is 1140 g/mol. The van der Waals surface area contributed by atoms with Crippen LogP contribution in [0.15, 0.2) is 70.1 Å². The molecule has 5 aliphatic heterocycles. The molecule has 0 amide bonds. The fourth-order valence-corrected chi connectivity index (χ4v) is 11.7. The molecule has 0 radical (unpaired) electrons. The second-order valence-electron chi connectivity index (χ2n) is 23.6. The van der Waals surface area contributed by atoms with Crippen LogP contribution in [0.5, 0.6) is 0 Å². The van der Waals surface area contributed by atoms with Crippen molar-refractivity contribution in [1.82, 2.24) is 0 Å². The van der Waals surface area contributed by atoms with Crippen LogP contribution in [0.4, 0.5) is 0 Å². The second-order valence-corrected chi connectivity index (χ2v) is 23.6. The molecule has 0 aromatic carbocycles. The lowest BCUT2D eigenvalue weighted by atomic mass is 9.74. The topological polar surface area (TPSA) is 301 Å². The van der Waals surface area contributed by atoms with E-state index < -0.39 is 145 Å². The van der Waals surface area contributed by atoms with Crippen LogP contribution < -0.4 is 0 Å². The average Bonchev–Trinajstić information content (AvgIpc) is 3.37. The molecule has 4 fully saturated rings. The van der Waals surface area contributed by atoms with E-state index in [1.165, 1.54) is 34.3 Å². The molecule has 5 aliphatic rings. The Morgan fingerprint density at radius 2 is 1.38 bits per heavy atom. The van der Waals surface area contributed by atoms with Crippen molar-refractivity contribution in [2.24, 2.45) is 17.8 Å². The van der Waals surface area contributed by atoms with Crippen molar-refractivity contribution in [3.63, 3.8) is 0 Å². The third-order valence-corrected chi connectivity index (χ3v) is 16.5. The van der Waals surface area contributed by atoms with E-state index in [0.717, 1.165) is 11.1 Å². The van der Waals surface area contributed by atoms with Crippen molar-refractivity contribution in [3.8, 4) is 0 Å². The van der Waals surface area contributed by atoms with Gasteiger partial charge in [0.05, 0.1) is 55.4 Å². The number of aliphatic hydroxyl groups is 9. The van der Waals surface area contributed by atoms with Crippen molar-refractivity contribution in [1.29, 1.82) is 0 Å². The van der Waals surface area contributed by atoms with E-state index in [9.17, 15) is 50.8 Å². The van der Waals surface area contributed by atoms with E-state index in [2.05, 4.69) is 0 Å². The molecule has 21 heteroatoms. The number of ether oxygens (including phenoxy) is 11. The predicted octanol–water partition coefficient (Wildman–Crippen LogP) is 3.84. The van der Waals surface area contributed by atoms with Crippen LogP contribution in [0, 0.1) is 17.8 Å². The zero-order valence-corrected chi connectivity index (χ0v) is 49.8. The van der Waals surface area contributed by atoms with Gasteiger partial charge in [0.25, 0.3) is 0 Å². The number of allylic oxidation sites excluding steroid dienone is 7. The van der Waals surface area contributed by atoms with Crippen molar-refractivity contribution >= 4 is 5.97 Å². The molecule has 0 aromatic heterocycles. The van der Waals surface area contributed by atoms with E-state index >= 15 is 0 Å². The van der Waals surface area contributed by atoms with Gasteiger partial charge in [-0.25, -0.2) is 4.79 Å². The van der Waals surface area contributed by atoms with Crippen molar-refractivity contribution in [2.75, 3.05) is 27.9 Å². The van der Waals surface area contributed by atoms with E-state index in [-0.39, 0.29) is 49.5 Å². The molecule has 4 saturated heterocycles. The minimum atomic E-state index is -2.38.